The normalized spacial score (nSPS) is 14.1. The lowest BCUT2D eigenvalue weighted by Crippen LogP contribution is -2.06. The minimum absolute atomic E-state index is 0.0370. The van der Waals surface area contributed by atoms with Crippen LogP contribution < -0.4 is 9.47 Å². The van der Waals surface area contributed by atoms with Crippen LogP contribution in [0.3, 0.4) is 0 Å². The van der Waals surface area contributed by atoms with Crippen molar-refractivity contribution in [1.29, 1.82) is 0 Å². The summed E-state index contributed by atoms with van der Waals surface area (Å²) in [6, 6.07) is 2.96. The minimum atomic E-state index is -1.03. The van der Waals surface area contributed by atoms with E-state index in [1.165, 1.54) is 19.1 Å². The third-order valence-corrected chi connectivity index (χ3v) is 2.52. The number of nitro groups is 1. The number of halogens is 1. The number of rotatable bonds is 3. The molecule has 8 heteroatoms. The fourth-order valence-corrected chi connectivity index (χ4v) is 1.83. The summed E-state index contributed by atoms with van der Waals surface area (Å²) in [5, 5.41) is 11.1. The lowest BCUT2D eigenvalue weighted by atomic mass is 10.1. The molecule has 1 atom stereocenters. The van der Waals surface area contributed by atoms with Crippen LogP contribution in [-0.4, -0.2) is 17.1 Å². The fourth-order valence-electron chi connectivity index (χ4n) is 1.69. The van der Waals surface area contributed by atoms with Crippen molar-refractivity contribution >= 4 is 22.7 Å². The Labute approximate surface area is 106 Å². The molecule has 18 heavy (non-hydrogen) atoms. The molecule has 0 N–H and O–H groups in total. The lowest BCUT2D eigenvalue weighted by molar-refractivity contribution is -0.386. The van der Waals surface area contributed by atoms with Crippen LogP contribution >= 0.6 is 11.6 Å². The maximum absolute atomic E-state index is 11.1. The van der Waals surface area contributed by atoms with Gasteiger partial charge in [-0.3, -0.25) is 10.1 Å². The molecule has 0 spiro atoms. The Morgan fingerprint density at radius 3 is 2.89 bits per heavy atom. The number of fused-ring (bicyclic) bond motifs is 1. The van der Waals surface area contributed by atoms with E-state index in [1.54, 1.807) is 0 Å². The second kappa shape index (κ2) is 4.69. The van der Waals surface area contributed by atoms with E-state index in [-0.39, 0.29) is 29.5 Å². The first-order chi connectivity index (χ1) is 8.50. The summed E-state index contributed by atoms with van der Waals surface area (Å²) in [5.74, 6) is 0.324. The standard InChI is InChI=1S/C10H8ClNO6/c1-5(18-10(11)13)6-2-3-7-9(17-4-16-7)8(6)12(14)15/h2-3,5H,4H2,1H3. The van der Waals surface area contributed by atoms with Crippen LogP contribution in [0, 0.1) is 10.1 Å². The number of nitro benzene ring substituents is 1. The average molecular weight is 274 g/mol. The van der Waals surface area contributed by atoms with Gasteiger partial charge >= 0.3 is 11.1 Å². The molecule has 0 aliphatic carbocycles. The summed E-state index contributed by atoms with van der Waals surface area (Å²) in [6.07, 6.45) is -0.857. The molecule has 0 aromatic heterocycles. The van der Waals surface area contributed by atoms with Crippen molar-refractivity contribution in [2.45, 2.75) is 13.0 Å². The van der Waals surface area contributed by atoms with Crippen molar-refractivity contribution in [2.75, 3.05) is 6.79 Å². The minimum Gasteiger partial charge on any atom is -0.453 e. The van der Waals surface area contributed by atoms with E-state index in [0.717, 1.165) is 0 Å². The highest BCUT2D eigenvalue weighted by Crippen LogP contribution is 2.45. The Hall–Kier alpha value is -2.02. The van der Waals surface area contributed by atoms with Gasteiger partial charge in [0.15, 0.2) is 5.75 Å². The van der Waals surface area contributed by atoms with E-state index >= 15 is 0 Å². The molecule has 2 rings (SSSR count). The zero-order valence-electron chi connectivity index (χ0n) is 9.21. The molecule has 0 saturated carbocycles. The van der Waals surface area contributed by atoms with Gasteiger partial charge in [0, 0.05) is 11.6 Å². The van der Waals surface area contributed by atoms with Gasteiger partial charge in [-0.15, -0.1) is 0 Å². The smallest absolute Gasteiger partial charge is 0.404 e. The Morgan fingerprint density at radius 2 is 2.28 bits per heavy atom. The second-order valence-corrected chi connectivity index (χ2v) is 3.80. The van der Waals surface area contributed by atoms with Gasteiger partial charge < -0.3 is 14.2 Å². The van der Waals surface area contributed by atoms with Crippen molar-refractivity contribution < 1.29 is 23.9 Å². The first kappa shape index (κ1) is 12.4. The number of hydrogen-bond acceptors (Lipinski definition) is 6. The molecule has 0 radical (unpaired) electrons. The summed E-state index contributed by atoms with van der Waals surface area (Å²) in [5.41, 5.74) is -1.12. The largest absolute Gasteiger partial charge is 0.453 e. The number of carbonyl (C=O) groups is 1. The summed E-state index contributed by atoms with van der Waals surface area (Å²) < 4.78 is 14.8. The maximum atomic E-state index is 11.1. The van der Waals surface area contributed by atoms with Crippen molar-refractivity contribution in [3.63, 3.8) is 0 Å². The lowest BCUT2D eigenvalue weighted by Gasteiger charge is -2.12. The predicted octanol–water partition coefficient (Wildman–Crippen LogP) is 2.76. The molecule has 1 aromatic rings. The van der Waals surface area contributed by atoms with Gasteiger partial charge in [0.05, 0.1) is 10.5 Å². The van der Waals surface area contributed by atoms with Gasteiger partial charge in [0.1, 0.15) is 6.10 Å². The fraction of sp³-hybridized carbons (Fsp3) is 0.300. The van der Waals surface area contributed by atoms with Crippen molar-refractivity contribution in [2.24, 2.45) is 0 Å². The third kappa shape index (κ3) is 2.17. The highest BCUT2D eigenvalue weighted by molar-refractivity contribution is 6.61. The van der Waals surface area contributed by atoms with Gasteiger partial charge in [0.2, 0.25) is 12.5 Å². The van der Waals surface area contributed by atoms with Crippen LogP contribution in [-0.2, 0) is 4.74 Å². The highest BCUT2D eigenvalue weighted by Gasteiger charge is 2.32. The predicted molar refractivity (Wildman–Crippen MR) is 60.0 cm³/mol. The SMILES string of the molecule is CC(OC(=O)Cl)c1ccc2c(c1[N+](=O)[O-])OCO2. The molecule has 1 aliphatic heterocycles. The second-order valence-electron chi connectivity index (χ2n) is 3.49. The molecule has 1 heterocycles. The Balaban J connectivity index is 2.47. The third-order valence-electron chi connectivity index (χ3n) is 2.43. The summed E-state index contributed by atoms with van der Waals surface area (Å²) in [4.78, 5) is 21.1. The molecular formula is C10H8ClNO6. The van der Waals surface area contributed by atoms with E-state index in [9.17, 15) is 14.9 Å². The van der Waals surface area contributed by atoms with Gasteiger partial charge in [0.25, 0.3) is 0 Å². The molecule has 1 aromatic carbocycles. The van der Waals surface area contributed by atoms with Gasteiger partial charge in [-0.25, -0.2) is 4.79 Å². The van der Waals surface area contributed by atoms with Gasteiger partial charge in [-0.1, -0.05) is 0 Å². The monoisotopic (exact) mass is 273 g/mol. The number of carbonyl (C=O) groups excluding carboxylic acids is 1. The van der Waals surface area contributed by atoms with Crippen LogP contribution in [0.15, 0.2) is 12.1 Å². The van der Waals surface area contributed by atoms with E-state index < -0.39 is 16.5 Å². The molecule has 0 bridgehead atoms. The average Bonchev–Trinajstić information content (AvgIpc) is 2.73. The van der Waals surface area contributed by atoms with E-state index in [0.29, 0.717) is 0 Å². The summed E-state index contributed by atoms with van der Waals surface area (Å²) >= 11 is 5.08. The molecule has 0 amide bonds. The van der Waals surface area contributed by atoms with Gasteiger partial charge in [-0.05, 0) is 19.1 Å². The summed E-state index contributed by atoms with van der Waals surface area (Å²) in [7, 11) is 0. The van der Waals surface area contributed by atoms with E-state index in [1.807, 2.05) is 0 Å². The quantitative estimate of drug-likeness (QED) is 0.478. The van der Waals surface area contributed by atoms with Crippen molar-refractivity contribution in [3.8, 4) is 11.5 Å². The van der Waals surface area contributed by atoms with Crippen molar-refractivity contribution in [3.05, 3.63) is 27.8 Å². The molecule has 0 fully saturated rings. The van der Waals surface area contributed by atoms with E-state index in [4.69, 9.17) is 25.8 Å². The Kier molecular flexibility index (Phi) is 3.24. The van der Waals surface area contributed by atoms with Crippen LogP contribution in [0.5, 0.6) is 11.5 Å². The summed E-state index contributed by atoms with van der Waals surface area (Å²) in [6.45, 7) is 1.40. The van der Waals surface area contributed by atoms with Crippen LogP contribution in [0.25, 0.3) is 0 Å². The molecule has 96 valence electrons. The number of benzene rings is 1. The zero-order chi connectivity index (χ0) is 13.3. The van der Waals surface area contributed by atoms with E-state index in [2.05, 4.69) is 0 Å². The Morgan fingerprint density at radius 1 is 1.56 bits per heavy atom. The number of nitrogens with zero attached hydrogens (tertiary/aromatic N) is 1. The highest BCUT2D eigenvalue weighted by atomic mass is 35.5. The van der Waals surface area contributed by atoms with Gasteiger partial charge in [-0.2, -0.15) is 0 Å². The first-order valence-electron chi connectivity index (χ1n) is 4.93. The van der Waals surface area contributed by atoms with Crippen LogP contribution in [0.4, 0.5) is 10.5 Å². The topological polar surface area (TPSA) is 87.9 Å². The first-order valence-corrected chi connectivity index (χ1v) is 5.31. The maximum Gasteiger partial charge on any atom is 0.404 e. The molecular weight excluding hydrogens is 266 g/mol. The van der Waals surface area contributed by atoms with Crippen molar-refractivity contribution in [1.82, 2.24) is 0 Å². The zero-order valence-corrected chi connectivity index (χ0v) is 9.97. The molecule has 1 aliphatic rings. The number of hydrogen-bond donors (Lipinski definition) is 0. The van der Waals surface area contributed by atoms with Crippen LogP contribution in [0.1, 0.15) is 18.6 Å². The molecule has 0 saturated heterocycles. The number of ether oxygens (including phenoxy) is 3. The molecule has 7 nitrogen and oxygen atoms in total. The molecule has 1 unspecified atom stereocenters. The van der Waals surface area contributed by atoms with Crippen LogP contribution in [0.2, 0.25) is 0 Å². The Bertz CT molecular complexity index is 517.